The van der Waals surface area contributed by atoms with Gasteiger partial charge in [-0.3, -0.25) is 4.79 Å². The van der Waals surface area contributed by atoms with E-state index < -0.39 is 17.6 Å². The van der Waals surface area contributed by atoms with E-state index in [1.165, 1.54) is 30.4 Å². The number of carbonyl (C=O) groups is 1. The molecule has 0 amide bonds. The van der Waals surface area contributed by atoms with Crippen LogP contribution in [-0.2, 0) is 6.18 Å². The molecule has 2 aromatic carbocycles. The molecule has 0 heterocycles. The van der Waals surface area contributed by atoms with Crippen LogP contribution in [-0.4, -0.2) is 6.29 Å². The molecule has 0 radical (unpaired) electrons. The molecule has 22 heavy (non-hydrogen) atoms. The molecule has 1 nitrogen and oxygen atoms in total. The lowest BCUT2D eigenvalue weighted by atomic mass is 10.1. The van der Waals surface area contributed by atoms with E-state index in [2.05, 4.69) is 0 Å². The minimum absolute atomic E-state index is 0.182. The molecule has 0 saturated carbocycles. The average Bonchev–Trinajstić information content (AvgIpc) is 2.44. The fourth-order valence-electron chi connectivity index (χ4n) is 1.86. The third kappa shape index (κ3) is 3.95. The molecule has 2 rings (SSSR count). The molecule has 0 aliphatic heterocycles. The molecule has 0 bridgehead atoms. The van der Waals surface area contributed by atoms with Gasteiger partial charge in [-0.05, 0) is 41.5 Å². The summed E-state index contributed by atoms with van der Waals surface area (Å²) in [5.74, 6) is -1.32. The Labute approximate surface area is 128 Å². The van der Waals surface area contributed by atoms with Crippen LogP contribution in [0.2, 0.25) is 5.02 Å². The maximum absolute atomic E-state index is 13.2. The Bertz CT molecular complexity index is 735. The lowest BCUT2D eigenvalue weighted by molar-refractivity contribution is -0.140. The van der Waals surface area contributed by atoms with Gasteiger partial charge >= 0.3 is 6.18 Å². The van der Waals surface area contributed by atoms with Gasteiger partial charge < -0.3 is 0 Å². The van der Waals surface area contributed by atoms with Gasteiger partial charge in [0, 0.05) is 10.6 Å². The predicted octanol–water partition coefficient (Wildman–Crippen LogP) is 5.48. The summed E-state index contributed by atoms with van der Waals surface area (Å²) in [5, 5.41) is 0.333. The van der Waals surface area contributed by atoms with Gasteiger partial charge in [-0.25, -0.2) is 4.39 Å². The summed E-state index contributed by atoms with van der Waals surface area (Å²) >= 11 is 5.83. The Kier molecular flexibility index (Phi) is 4.66. The second kappa shape index (κ2) is 6.32. The van der Waals surface area contributed by atoms with Crippen molar-refractivity contribution in [3.63, 3.8) is 0 Å². The summed E-state index contributed by atoms with van der Waals surface area (Å²) in [5.41, 5.74) is -0.245. The number of hydrogen-bond acceptors (Lipinski definition) is 1. The van der Waals surface area contributed by atoms with Crippen molar-refractivity contribution >= 4 is 30.0 Å². The van der Waals surface area contributed by atoms with Crippen molar-refractivity contribution in [3.8, 4) is 0 Å². The molecule has 114 valence electrons. The fraction of sp³-hybridized carbons (Fsp3) is 0.0625. The van der Waals surface area contributed by atoms with Crippen molar-refractivity contribution in [2.45, 2.75) is 6.18 Å². The van der Waals surface area contributed by atoms with Crippen LogP contribution in [0.3, 0.4) is 0 Å². The fourth-order valence-corrected chi connectivity index (χ4v) is 2.11. The van der Waals surface area contributed by atoms with Crippen LogP contribution in [0, 0.1) is 5.82 Å². The van der Waals surface area contributed by atoms with Crippen molar-refractivity contribution in [2.75, 3.05) is 0 Å². The standard InChI is InChI=1S/C16H9ClF4O/c17-13-6-11(5-12(7-13)9-22)2-1-10-3-4-15(18)14(8-10)16(19,20)21/h1-9H/b2-1+. The monoisotopic (exact) mass is 328 g/mol. The Morgan fingerprint density at radius 2 is 1.55 bits per heavy atom. The predicted molar refractivity (Wildman–Crippen MR) is 77.2 cm³/mol. The molecule has 6 heteroatoms. The molecule has 0 saturated heterocycles. The van der Waals surface area contributed by atoms with Crippen LogP contribution in [0.25, 0.3) is 12.2 Å². The largest absolute Gasteiger partial charge is 0.419 e. The number of carbonyl (C=O) groups excluding carboxylic acids is 1. The summed E-state index contributed by atoms with van der Waals surface area (Å²) in [6, 6.07) is 7.26. The van der Waals surface area contributed by atoms with Crippen molar-refractivity contribution in [1.82, 2.24) is 0 Å². The summed E-state index contributed by atoms with van der Waals surface area (Å²) in [6.45, 7) is 0. The smallest absolute Gasteiger partial charge is 0.298 e. The van der Waals surface area contributed by atoms with Crippen LogP contribution in [0.4, 0.5) is 17.6 Å². The molecular formula is C16H9ClF4O. The third-order valence-corrected chi connectivity index (χ3v) is 3.06. The van der Waals surface area contributed by atoms with Gasteiger partial charge in [0.25, 0.3) is 0 Å². The first-order valence-electron chi connectivity index (χ1n) is 6.10. The molecule has 0 atom stereocenters. The van der Waals surface area contributed by atoms with Crippen LogP contribution < -0.4 is 0 Å². The van der Waals surface area contributed by atoms with Gasteiger partial charge in [0.15, 0.2) is 0 Å². The SMILES string of the molecule is O=Cc1cc(Cl)cc(/C=C/c2ccc(F)c(C(F)(F)F)c2)c1. The van der Waals surface area contributed by atoms with Gasteiger partial charge in [0.1, 0.15) is 12.1 Å². The van der Waals surface area contributed by atoms with E-state index in [-0.39, 0.29) is 5.56 Å². The van der Waals surface area contributed by atoms with Gasteiger partial charge in [-0.1, -0.05) is 29.8 Å². The van der Waals surface area contributed by atoms with Crippen LogP contribution in [0.15, 0.2) is 36.4 Å². The number of rotatable bonds is 3. The zero-order valence-electron chi connectivity index (χ0n) is 11.0. The normalized spacial score (nSPS) is 11.9. The van der Waals surface area contributed by atoms with Crippen LogP contribution in [0.1, 0.15) is 27.0 Å². The summed E-state index contributed by atoms with van der Waals surface area (Å²) in [4.78, 5) is 10.7. The second-order valence-electron chi connectivity index (χ2n) is 4.51. The lowest BCUT2D eigenvalue weighted by Gasteiger charge is -2.08. The number of alkyl halides is 3. The minimum Gasteiger partial charge on any atom is -0.298 e. The molecule has 0 aliphatic rings. The summed E-state index contributed by atoms with van der Waals surface area (Å²) in [7, 11) is 0. The first-order chi connectivity index (χ1) is 10.3. The highest BCUT2D eigenvalue weighted by atomic mass is 35.5. The van der Waals surface area contributed by atoms with Gasteiger partial charge in [0.05, 0.1) is 5.56 Å². The van der Waals surface area contributed by atoms with Gasteiger partial charge in [-0.15, -0.1) is 0 Å². The maximum Gasteiger partial charge on any atom is 0.419 e. The third-order valence-electron chi connectivity index (χ3n) is 2.84. The second-order valence-corrected chi connectivity index (χ2v) is 4.94. The zero-order valence-corrected chi connectivity index (χ0v) is 11.8. The molecule has 0 fully saturated rings. The Morgan fingerprint density at radius 3 is 2.18 bits per heavy atom. The summed E-state index contributed by atoms with van der Waals surface area (Å²) in [6.07, 6.45) is -1.27. The van der Waals surface area contributed by atoms with E-state index in [9.17, 15) is 22.4 Å². The van der Waals surface area contributed by atoms with E-state index in [1.807, 2.05) is 0 Å². The number of aldehydes is 1. The average molecular weight is 329 g/mol. The highest BCUT2D eigenvalue weighted by molar-refractivity contribution is 6.31. The van der Waals surface area contributed by atoms with Crippen LogP contribution >= 0.6 is 11.6 Å². The minimum atomic E-state index is -4.76. The number of benzene rings is 2. The quantitative estimate of drug-likeness (QED) is 0.414. The molecule has 0 N–H and O–H groups in total. The first-order valence-corrected chi connectivity index (χ1v) is 6.48. The highest BCUT2D eigenvalue weighted by Gasteiger charge is 2.33. The first kappa shape index (κ1) is 16.2. The molecule has 0 spiro atoms. The molecule has 0 aliphatic carbocycles. The van der Waals surface area contributed by atoms with Crippen molar-refractivity contribution < 1.29 is 22.4 Å². The van der Waals surface area contributed by atoms with Crippen molar-refractivity contribution in [1.29, 1.82) is 0 Å². The number of hydrogen-bond donors (Lipinski definition) is 0. The van der Waals surface area contributed by atoms with E-state index in [0.717, 1.165) is 12.1 Å². The van der Waals surface area contributed by atoms with Gasteiger partial charge in [0.2, 0.25) is 0 Å². The number of halogens is 5. The Hall–Kier alpha value is -2.14. The topological polar surface area (TPSA) is 17.1 Å². The molecule has 0 unspecified atom stereocenters. The van der Waals surface area contributed by atoms with E-state index >= 15 is 0 Å². The lowest BCUT2D eigenvalue weighted by Crippen LogP contribution is -2.08. The van der Waals surface area contributed by atoms with E-state index in [4.69, 9.17) is 11.6 Å². The maximum atomic E-state index is 13.2. The molecule has 2 aromatic rings. The van der Waals surface area contributed by atoms with E-state index in [1.54, 1.807) is 6.07 Å². The Morgan fingerprint density at radius 1 is 0.909 bits per heavy atom. The zero-order chi connectivity index (χ0) is 16.3. The van der Waals surface area contributed by atoms with Crippen molar-refractivity contribution in [3.05, 3.63) is 69.5 Å². The Balaban J connectivity index is 2.35. The van der Waals surface area contributed by atoms with Crippen LogP contribution in [0.5, 0.6) is 0 Å². The molecular weight excluding hydrogens is 320 g/mol. The van der Waals surface area contributed by atoms with E-state index in [0.29, 0.717) is 22.4 Å². The summed E-state index contributed by atoms with van der Waals surface area (Å²) < 4.78 is 51.0. The highest BCUT2D eigenvalue weighted by Crippen LogP contribution is 2.32. The van der Waals surface area contributed by atoms with Gasteiger partial charge in [-0.2, -0.15) is 13.2 Å². The van der Waals surface area contributed by atoms with Crippen molar-refractivity contribution in [2.24, 2.45) is 0 Å². The molecule has 0 aromatic heterocycles.